The van der Waals surface area contributed by atoms with Crippen molar-refractivity contribution >= 4 is 40.6 Å². The Morgan fingerprint density at radius 1 is 1.45 bits per heavy atom. The highest BCUT2D eigenvalue weighted by Gasteiger charge is 2.09. The van der Waals surface area contributed by atoms with Gasteiger partial charge in [0.1, 0.15) is 5.75 Å². The van der Waals surface area contributed by atoms with E-state index in [2.05, 4.69) is 10.3 Å². The third kappa shape index (κ3) is 5.05. The molecular weight excluding hydrogens is 322 g/mol. The van der Waals surface area contributed by atoms with E-state index in [1.165, 1.54) is 23.1 Å². The minimum atomic E-state index is -0.419. The van der Waals surface area contributed by atoms with Crippen molar-refractivity contribution in [2.45, 2.75) is 10.8 Å². The van der Waals surface area contributed by atoms with Gasteiger partial charge < -0.3 is 15.8 Å². The number of primary amides is 1. The van der Waals surface area contributed by atoms with Crippen LogP contribution in [0.5, 0.6) is 5.75 Å². The molecule has 1 aromatic heterocycles. The van der Waals surface area contributed by atoms with Crippen molar-refractivity contribution in [3.8, 4) is 5.75 Å². The quantitative estimate of drug-likeness (QED) is 0.753. The third-order valence-corrected chi connectivity index (χ3v) is 4.64. The number of thiazole rings is 1. The highest BCUT2D eigenvalue weighted by molar-refractivity contribution is 8.01. The van der Waals surface area contributed by atoms with Gasteiger partial charge in [0.15, 0.2) is 4.34 Å². The molecule has 3 N–H and O–H groups in total. The van der Waals surface area contributed by atoms with Crippen LogP contribution < -0.4 is 15.8 Å². The first-order chi connectivity index (χ1) is 10.6. The number of rotatable bonds is 7. The van der Waals surface area contributed by atoms with E-state index in [1.54, 1.807) is 36.8 Å². The fourth-order valence-corrected chi connectivity index (χ4v) is 3.28. The first-order valence-electron chi connectivity index (χ1n) is 6.36. The number of hydrogen-bond donors (Lipinski definition) is 2. The number of thioether (sulfide) groups is 1. The average Bonchev–Trinajstić information content (AvgIpc) is 2.92. The van der Waals surface area contributed by atoms with Gasteiger partial charge in [-0.05, 0) is 12.1 Å². The Morgan fingerprint density at radius 2 is 2.27 bits per heavy atom. The van der Waals surface area contributed by atoms with Crippen molar-refractivity contribution in [2.24, 2.45) is 5.73 Å². The van der Waals surface area contributed by atoms with Crippen LogP contribution in [0.3, 0.4) is 0 Å². The van der Waals surface area contributed by atoms with Gasteiger partial charge in [0.25, 0.3) is 0 Å². The topological polar surface area (TPSA) is 94.3 Å². The van der Waals surface area contributed by atoms with E-state index in [-0.39, 0.29) is 18.1 Å². The monoisotopic (exact) mass is 337 g/mol. The molecule has 0 spiro atoms. The number of methoxy groups -OCH3 is 1. The number of nitrogens with zero attached hydrogens (tertiary/aromatic N) is 1. The molecule has 0 saturated heterocycles. The average molecular weight is 337 g/mol. The minimum Gasteiger partial charge on any atom is -0.497 e. The van der Waals surface area contributed by atoms with Gasteiger partial charge in [-0.3, -0.25) is 9.59 Å². The number of carbonyl (C=O) groups is 2. The summed E-state index contributed by atoms with van der Waals surface area (Å²) >= 11 is 2.71. The lowest BCUT2D eigenvalue weighted by atomic mass is 10.3. The minimum absolute atomic E-state index is 0.118. The lowest BCUT2D eigenvalue weighted by molar-refractivity contribution is -0.117. The second-order valence-electron chi connectivity index (χ2n) is 4.32. The number of hydrogen-bond acceptors (Lipinski definition) is 6. The molecule has 0 fully saturated rings. The summed E-state index contributed by atoms with van der Waals surface area (Å²) in [5, 5.41) is 4.56. The number of nitrogens with two attached hydrogens (primary N) is 1. The molecule has 8 heteroatoms. The summed E-state index contributed by atoms with van der Waals surface area (Å²) in [5.41, 5.74) is 6.42. The second kappa shape index (κ2) is 7.81. The van der Waals surface area contributed by atoms with Gasteiger partial charge in [-0.2, -0.15) is 0 Å². The van der Waals surface area contributed by atoms with Crippen LogP contribution >= 0.6 is 23.1 Å². The number of carbonyl (C=O) groups excluding carboxylic acids is 2. The first-order valence-corrected chi connectivity index (χ1v) is 8.23. The molecule has 0 saturated carbocycles. The standard InChI is InChI=1S/C14H15N3O3S2/c1-20-11-4-2-3-9(5-11)16-13(19)8-22-14-17-10(7-21-14)6-12(15)18/h2-5,7H,6,8H2,1H3,(H2,15,18)(H,16,19). The van der Waals surface area contributed by atoms with Crippen molar-refractivity contribution in [3.05, 3.63) is 35.3 Å². The van der Waals surface area contributed by atoms with E-state index in [0.29, 0.717) is 17.1 Å². The summed E-state index contributed by atoms with van der Waals surface area (Å²) in [7, 11) is 1.57. The number of benzene rings is 1. The third-order valence-electron chi connectivity index (χ3n) is 2.57. The van der Waals surface area contributed by atoms with Crippen LogP contribution in [0.2, 0.25) is 0 Å². The van der Waals surface area contributed by atoms with Crippen LogP contribution in [0.1, 0.15) is 5.69 Å². The molecule has 0 aliphatic rings. The SMILES string of the molecule is COc1cccc(NC(=O)CSc2nc(CC(N)=O)cs2)c1. The highest BCUT2D eigenvalue weighted by Crippen LogP contribution is 2.23. The number of aromatic nitrogens is 1. The molecule has 0 atom stereocenters. The zero-order valence-electron chi connectivity index (χ0n) is 11.9. The van der Waals surface area contributed by atoms with Crippen molar-refractivity contribution in [3.63, 3.8) is 0 Å². The molecular formula is C14H15N3O3S2. The van der Waals surface area contributed by atoms with Crippen LogP contribution in [-0.2, 0) is 16.0 Å². The zero-order valence-corrected chi connectivity index (χ0v) is 13.5. The Balaban J connectivity index is 1.84. The molecule has 1 heterocycles. The maximum atomic E-state index is 11.9. The number of amides is 2. The fourth-order valence-electron chi connectivity index (χ4n) is 1.64. The summed E-state index contributed by atoms with van der Waals surface area (Å²) in [5.74, 6) is 0.366. The van der Waals surface area contributed by atoms with Crippen molar-refractivity contribution in [2.75, 3.05) is 18.2 Å². The van der Waals surface area contributed by atoms with Crippen molar-refractivity contribution in [1.82, 2.24) is 4.98 Å². The molecule has 116 valence electrons. The maximum Gasteiger partial charge on any atom is 0.234 e. The fraction of sp³-hybridized carbons (Fsp3) is 0.214. The summed E-state index contributed by atoms with van der Waals surface area (Å²) in [6.45, 7) is 0. The van der Waals surface area contributed by atoms with Crippen LogP contribution in [0.4, 0.5) is 5.69 Å². The summed E-state index contributed by atoms with van der Waals surface area (Å²) in [4.78, 5) is 26.9. The van der Waals surface area contributed by atoms with Crippen LogP contribution in [0.25, 0.3) is 0 Å². The van der Waals surface area contributed by atoms with Gasteiger partial charge in [0, 0.05) is 17.1 Å². The lowest BCUT2D eigenvalue weighted by Crippen LogP contribution is -2.14. The molecule has 22 heavy (non-hydrogen) atoms. The van der Waals surface area contributed by atoms with Crippen LogP contribution in [0, 0.1) is 0 Å². The number of anilines is 1. The largest absolute Gasteiger partial charge is 0.497 e. The zero-order chi connectivity index (χ0) is 15.9. The normalized spacial score (nSPS) is 10.2. The lowest BCUT2D eigenvalue weighted by Gasteiger charge is -2.06. The molecule has 2 aromatic rings. The van der Waals surface area contributed by atoms with Crippen LogP contribution in [0.15, 0.2) is 34.0 Å². The molecule has 0 radical (unpaired) electrons. The van der Waals surface area contributed by atoms with Gasteiger partial charge in [-0.25, -0.2) is 4.98 Å². The number of nitrogens with one attached hydrogen (secondary N) is 1. The first kappa shape index (κ1) is 16.3. The maximum absolute atomic E-state index is 11.9. The molecule has 0 aliphatic carbocycles. The van der Waals surface area contributed by atoms with Crippen molar-refractivity contribution in [1.29, 1.82) is 0 Å². The van der Waals surface area contributed by atoms with E-state index >= 15 is 0 Å². The Bertz CT molecular complexity index is 673. The predicted molar refractivity (Wildman–Crippen MR) is 87.4 cm³/mol. The number of ether oxygens (including phenoxy) is 1. The van der Waals surface area contributed by atoms with E-state index in [4.69, 9.17) is 10.5 Å². The molecule has 1 aromatic carbocycles. The van der Waals surface area contributed by atoms with Crippen LogP contribution in [-0.4, -0.2) is 29.7 Å². The van der Waals surface area contributed by atoms with Gasteiger partial charge >= 0.3 is 0 Å². The Hall–Kier alpha value is -2.06. The molecule has 0 bridgehead atoms. The second-order valence-corrected chi connectivity index (χ2v) is 6.40. The molecule has 2 rings (SSSR count). The van der Waals surface area contributed by atoms with Gasteiger partial charge in [0.05, 0.1) is 25.0 Å². The van der Waals surface area contributed by atoms with E-state index < -0.39 is 5.91 Å². The molecule has 0 unspecified atom stereocenters. The van der Waals surface area contributed by atoms with Crippen molar-refractivity contribution < 1.29 is 14.3 Å². The predicted octanol–water partition coefficient (Wildman–Crippen LogP) is 1.91. The molecule has 6 nitrogen and oxygen atoms in total. The van der Waals surface area contributed by atoms with Gasteiger partial charge in [-0.15, -0.1) is 11.3 Å². The van der Waals surface area contributed by atoms with E-state index in [0.717, 1.165) is 4.34 Å². The highest BCUT2D eigenvalue weighted by atomic mass is 32.2. The Kier molecular flexibility index (Phi) is 5.79. The van der Waals surface area contributed by atoms with E-state index in [1.807, 2.05) is 0 Å². The summed E-state index contributed by atoms with van der Waals surface area (Å²) in [6, 6.07) is 7.15. The molecule has 2 amide bonds. The molecule has 0 aliphatic heterocycles. The summed E-state index contributed by atoms with van der Waals surface area (Å²) in [6.07, 6.45) is 0.118. The van der Waals surface area contributed by atoms with Gasteiger partial charge in [-0.1, -0.05) is 17.8 Å². The smallest absolute Gasteiger partial charge is 0.234 e. The Labute approximate surface area is 136 Å². The summed E-state index contributed by atoms with van der Waals surface area (Å²) < 4.78 is 5.83. The Morgan fingerprint density at radius 3 is 3.00 bits per heavy atom. The van der Waals surface area contributed by atoms with E-state index in [9.17, 15) is 9.59 Å². The van der Waals surface area contributed by atoms with Gasteiger partial charge in [0.2, 0.25) is 11.8 Å².